The third-order valence-corrected chi connectivity index (χ3v) is 6.48. The number of pyridine rings is 1. The van der Waals surface area contributed by atoms with E-state index in [0.717, 1.165) is 11.3 Å². The molecule has 0 saturated heterocycles. The largest absolute Gasteiger partial charge is 0.479 e. The summed E-state index contributed by atoms with van der Waals surface area (Å²) in [5.74, 6) is -1.61. The monoisotopic (exact) mass is 534 g/mol. The highest BCUT2D eigenvalue weighted by Gasteiger charge is 2.25. The quantitative estimate of drug-likeness (QED) is 0.420. The van der Waals surface area contributed by atoms with Crippen LogP contribution in [0.2, 0.25) is 0 Å². The van der Waals surface area contributed by atoms with Gasteiger partial charge in [-0.05, 0) is 52.7 Å². The Morgan fingerprint density at radius 3 is 2.67 bits per heavy atom. The summed E-state index contributed by atoms with van der Waals surface area (Å²) < 4.78 is 15.7. The van der Waals surface area contributed by atoms with Gasteiger partial charge < -0.3 is 24.5 Å². The average Bonchev–Trinajstić information content (AvgIpc) is 3.14. The van der Waals surface area contributed by atoms with E-state index in [4.69, 9.17) is 14.2 Å². The van der Waals surface area contributed by atoms with Crippen LogP contribution in [0.25, 0.3) is 10.4 Å². The zero-order valence-electron chi connectivity index (χ0n) is 17.6. The first kappa shape index (κ1) is 24.2. The molecule has 33 heavy (non-hydrogen) atoms. The summed E-state index contributed by atoms with van der Waals surface area (Å²) in [5, 5.41) is 2.68. The van der Waals surface area contributed by atoms with Gasteiger partial charge in [-0.3, -0.25) is 9.59 Å². The van der Waals surface area contributed by atoms with Gasteiger partial charge in [0.15, 0.2) is 17.2 Å². The van der Waals surface area contributed by atoms with Crippen molar-refractivity contribution in [1.29, 1.82) is 0 Å². The molecule has 2 N–H and O–H groups in total. The standard InChI is InChI=1S/C22H19BrN2O7S/c1-3-31-15(26)11-32-17-16(23)18(33-19(17)22(29)30-2)12-6-4-7-13(10-12)25-21(28)14-8-5-9-24-20(14)27/h4-10H,3,11H2,1-2H3,(H,24,27)(H,25,28). The van der Waals surface area contributed by atoms with Crippen LogP contribution in [-0.4, -0.2) is 43.2 Å². The van der Waals surface area contributed by atoms with Gasteiger partial charge in [0.05, 0.1) is 23.1 Å². The van der Waals surface area contributed by atoms with Gasteiger partial charge in [-0.2, -0.15) is 0 Å². The molecule has 3 rings (SSSR count). The molecule has 0 saturated carbocycles. The molecule has 0 unspecified atom stereocenters. The van der Waals surface area contributed by atoms with E-state index in [1.807, 2.05) is 0 Å². The maximum absolute atomic E-state index is 12.5. The number of esters is 2. The highest BCUT2D eigenvalue weighted by molar-refractivity contribution is 9.10. The number of amides is 1. The maximum atomic E-state index is 12.5. The number of hydrogen-bond acceptors (Lipinski definition) is 8. The molecule has 0 bridgehead atoms. The number of nitrogens with one attached hydrogen (secondary N) is 2. The summed E-state index contributed by atoms with van der Waals surface area (Å²) in [7, 11) is 1.24. The molecule has 11 heteroatoms. The fourth-order valence-corrected chi connectivity index (χ4v) is 4.78. The fraction of sp³-hybridized carbons (Fsp3) is 0.182. The third kappa shape index (κ3) is 5.68. The van der Waals surface area contributed by atoms with E-state index in [-0.39, 0.29) is 29.4 Å². The summed E-state index contributed by atoms with van der Waals surface area (Å²) in [6.45, 7) is 1.50. The van der Waals surface area contributed by atoms with Crippen LogP contribution in [0.15, 0.2) is 51.9 Å². The normalized spacial score (nSPS) is 10.4. The summed E-state index contributed by atoms with van der Waals surface area (Å²) in [4.78, 5) is 51.5. The molecule has 0 aliphatic heterocycles. The molecule has 1 aromatic carbocycles. The van der Waals surface area contributed by atoms with Crippen molar-refractivity contribution >= 4 is 50.8 Å². The first-order chi connectivity index (χ1) is 15.8. The highest BCUT2D eigenvalue weighted by Crippen LogP contribution is 2.46. The molecule has 1 amide bonds. The lowest BCUT2D eigenvalue weighted by Crippen LogP contribution is -2.22. The molecule has 2 aromatic heterocycles. The molecule has 3 aromatic rings. The van der Waals surface area contributed by atoms with Crippen LogP contribution in [0.3, 0.4) is 0 Å². The molecule has 0 atom stereocenters. The zero-order chi connectivity index (χ0) is 24.0. The lowest BCUT2D eigenvalue weighted by molar-refractivity contribution is -0.145. The molecule has 0 aliphatic rings. The lowest BCUT2D eigenvalue weighted by atomic mass is 10.1. The molecule has 2 heterocycles. The van der Waals surface area contributed by atoms with Crippen LogP contribution >= 0.6 is 27.3 Å². The van der Waals surface area contributed by atoms with Crippen LogP contribution in [-0.2, 0) is 14.3 Å². The number of thiophene rings is 1. The fourth-order valence-electron chi connectivity index (χ4n) is 2.81. The number of benzene rings is 1. The van der Waals surface area contributed by atoms with E-state index in [9.17, 15) is 19.2 Å². The predicted octanol–water partition coefficient (Wildman–Crippen LogP) is 3.85. The van der Waals surface area contributed by atoms with Gasteiger partial charge in [0.25, 0.3) is 11.5 Å². The first-order valence-electron chi connectivity index (χ1n) is 9.64. The summed E-state index contributed by atoms with van der Waals surface area (Å²) in [6.07, 6.45) is 1.44. The average molecular weight is 535 g/mol. The number of hydrogen-bond donors (Lipinski definition) is 2. The van der Waals surface area contributed by atoms with Crippen LogP contribution in [0.5, 0.6) is 5.75 Å². The topological polar surface area (TPSA) is 124 Å². The van der Waals surface area contributed by atoms with E-state index in [1.165, 1.54) is 19.4 Å². The SMILES string of the molecule is CCOC(=O)COc1c(C(=O)OC)sc(-c2cccc(NC(=O)c3ccc[nH]c3=O)c2)c1Br. The van der Waals surface area contributed by atoms with E-state index in [1.54, 1.807) is 37.3 Å². The summed E-state index contributed by atoms with van der Waals surface area (Å²) >= 11 is 4.54. The second-order valence-electron chi connectivity index (χ2n) is 6.44. The van der Waals surface area contributed by atoms with Crippen molar-refractivity contribution in [3.63, 3.8) is 0 Å². The van der Waals surface area contributed by atoms with Crippen molar-refractivity contribution in [2.45, 2.75) is 6.92 Å². The second-order valence-corrected chi connectivity index (χ2v) is 8.25. The van der Waals surface area contributed by atoms with Crippen molar-refractivity contribution in [3.8, 4) is 16.2 Å². The first-order valence-corrected chi connectivity index (χ1v) is 11.2. The van der Waals surface area contributed by atoms with Crippen molar-refractivity contribution in [1.82, 2.24) is 4.98 Å². The molecule has 9 nitrogen and oxygen atoms in total. The minimum Gasteiger partial charge on any atom is -0.479 e. The van der Waals surface area contributed by atoms with Crippen LogP contribution in [0.4, 0.5) is 5.69 Å². The van der Waals surface area contributed by atoms with Crippen molar-refractivity contribution in [2.75, 3.05) is 25.6 Å². The van der Waals surface area contributed by atoms with Gasteiger partial charge in [-0.25, -0.2) is 9.59 Å². The van der Waals surface area contributed by atoms with Gasteiger partial charge in [0.1, 0.15) is 5.56 Å². The Bertz CT molecular complexity index is 1250. The number of methoxy groups -OCH3 is 1. The molecule has 0 radical (unpaired) electrons. The number of rotatable bonds is 8. The Kier molecular flexibility index (Phi) is 8.01. The molecule has 0 aliphatic carbocycles. The molecule has 0 spiro atoms. The third-order valence-electron chi connectivity index (χ3n) is 4.26. The lowest BCUT2D eigenvalue weighted by Gasteiger charge is -2.08. The summed E-state index contributed by atoms with van der Waals surface area (Å²) in [5.41, 5.74) is 0.568. The number of H-pyrrole nitrogens is 1. The maximum Gasteiger partial charge on any atom is 0.351 e. The van der Waals surface area contributed by atoms with E-state index in [2.05, 4.69) is 26.2 Å². The van der Waals surface area contributed by atoms with Crippen LogP contribution in [0, 0.1) is 0 Å². The Morgan fingerprint density at radius 1 is 1.18 bits per heavy atom. The second kappa shape index (κ2) is 10.9. The number of halogens is 1. The Balaban J connectivity index is 1.92. The van der Waals surface area contributed by atoms with E-state index in [0.29, 0.717) is 20.6 Å². The molecular formula is C22H19BrN2O7S. The highest BCUT2D eigenvalue weighted by atomic mass is 79.9. The van der Waals surface area contributed by atoms with Crippen LogP contribution in [0.1, 0.15) is 27.0 Å². The minimum absolute atomic E-state index is 0.0252. The van der Waals surface area contributed by atoms with Crippen LogP contribution < -0.4 is 15.6 Å². The van der Waals surface area contributed by atoms with Gasteiger partial charge in [-0.1, -0.05) is 12.1 Å². The van der Waals surface area contributed by atoms with Crippen molar-refractivity contribution < 1.29 is 28.6 Å². The van der Waals surface area contributed by atoms with Crippen molar-refractivity contribution in [2.24, 2.45) is 0 Å². The van der Waals surface area contributed by atoms with E-state index < -0.39 is 23.4 Å². The number of carbonyl (C=O) groups excluding carboxylic acids is 3. The van der Waals surface area contributed by atoms with Gasteiger partial charge in [0.2, 0.25) is 0 Å². The molecular weight excluding hydrogens is 516 g/mol. The number of aromatic amines is 1. The predicted molar refractivity (Wildman–Crippen MR) is 126 cm³/mol. The van der Waals surface area contributed by atoms with Crippen molar-refractivity contribution in [3.05, 3.63) is 67.9 Å². The Morgan fingerprint density at radius 2 is 1.97 bits per heavy atom. The molecule has 0 fully saturated rings. The van der Waals surface area contributed by atoms with Gasteiger partial charge >= 0.3 is 11.9 Å². The van der Waals surface area contributed by atoms with Gasteiger partial charge in [-0.15, -0.1) is 11.3 Å². The van der Waals surface area contributed by atoms with Gasteiger partial charge in [0, 0.05) is 11.9 Å². The number of anilines is 1. The number of ether oxygens (including phenoxy) is 3. The smallest absolute Gasteiger partial charge is 0.351 e. The molecule has 172 valence electrons. The number of carbonyl (C=O) groups is 3. The Labute approximate surface area is 200 Å². The zero-order valence-corrected chi connectivity index (χ0v) is 20.0. The summed E-state index contributed by atoms with van der Waals surface area (Å²) in [6, 6.07) is 9.81. The number of aromatic nitrogens is 1. The Hall–Kier alpha value is -3.44. The minimum atomic E-state index is -0.626. The van der Waals surface area contributed by atoms with E-state index >= 15 is 0 Å².